The lowest BCUT2D eigenvalue weighted by Crippen LogP contribution is -2.41. The van der Waals surface area contributed by atoms with E-state index in [2.05, 4.69) is 0 Å². The number of hydrogen-bond acceptors (Lipinski definition) is 6. The van der Waals surface area contributed by atoms with Crippen molar-refractivity contribution in [2.75, 3.05) is 0 Å². The summed E-state index contributed by atoms with van der Waals surface area (Å²) in [7, 11) is 0. The van der Waals surface area contributed by atoms with Crippen molar-refractivity contribution in [3.05, 3.63) is 63.3 Å². The highest BCUT2D eigenvalue weighted by molar-refractivity contribution is 5.86. The predicted molar refractivity (Wildman–Crippen MR) is 121 cm³/mol. The molecule has 2 aromatic carbocycles. The quantitative estimate of drug-likeness (QED) is 0.421. The molecule has 7 heteroatoms. The zero-order chi connectivity index (χ0) is 23.4. The van der Waals surface area contributed by atoms with Gasteiger partial charge >= 0.3 is 0 Å². The van der Waals surface area contributed by atoms with Gasteiger partial charge in [0.1, 0.15) is 28.7 Å². The number of ether oxygens (including phenoxy) is 1. The van der Waals surface area contributed by atoms with E-state index >= 15 is 0 Å². The molecular weight excluding hydrogens is 412 g/mol. The minimum absolute atomic E-state index is 0.0149. The summed E-state index contributed by atoms with van der Waals surface area (Å²) in [4.78, 5) is 12.7. The Morgan fingerprint density at radius 2 is 1.91 bits per heavy atom. The first-order chi connectivity index (χ1) is 15.0. The minimum atomic E-state index is -1.27. The van der Waals surface area contributed by atoms with Crippen LogP contribution in [0.4, 0.5) is 0 Å². The lowest BCUT2D eigenvalue weighted by molar-refractivity contribution is -0.0764. The highest BCUT2D eigenvalue weighted by Crippen LogP contribution is 2.45. The van der Waals surface area contributed by atoms with Gasteiger partial charge in [0.2, 0.25) is 0 Å². The van der Waals surface area contributed by atoms with Gasteiger partial charge in [-0.15, -0.1) is 0 Å². The third-order valence-electron chi connectivity index (χ3n) is 5.57. The van der Waals surface area contributed by atoms with Crippen LogP contribution in [0.2, 0.25) is 0 Å². The van der Waals surface area contributed by atoms with Gasteiger partial charge in [-0.2, -0.15) is 0 Å². The van der Waals surface area contributed by atoms with E-state index in [1.165, 1.54) is 18.2 Å². The van der Waals surface area contributed by atoms with Gasteiger partial charge in [-0.3, -0.25) is 4.79 Å². The summed E-state index contributed by atoms with van der Waals surface area (Å²) in [6.45, 7) is 7.12. The highest BCUT2D eigenvalue weighted by atomic mass is 16.5. The maximum absolute atomic E-state index is 12.7. The maximum Gasteiger partial charge on any atom is 0.261 e. The number of aliphatic hydroxyl groups excluding tert-OH is 1. The van der Waals surface area contributed by atoms with E-state index < -0.39 is 23.2 Å². The van der Waals surface area contributed by atoms with Crippen LogP contribution in [0, 0.1) is 0 Å². The summed E-state index contributed by atoms with van der Waals surface area (Å²) in [5.74, 6) is 0.473. The summed E-state index contributed by atoms with van der Waals surface area (Å²) < 4.78 is 11.9. The molecule has 1 aromatic heterocycles. The van der Waals surface area contributed by atoms with Crippen molar-refractivity contribution in [1.82, 2.24) is 0 Å². The molecule has 7 nitrogen and oxygen atoms in total. The van der Waals surface area contributed by atoms with Gasteiger partial charge in [0.15, 0.2) is 17.1 Å². The number of phenols is 1. The fraction of sp³-hybridized carbons (Fsp3) is 0.320. The fourth-order valence-electron chi connectivity index (χ4n) is 3.98. The van der Waals surface area contributed by atoms with Gasteiger partial charge in [0, 0.05) is 17.2 Å². The summed E-state index contributed by atoms with van der Waals surface area (Å²) in [6, 6.07) is 7.36. The van der Waals surface area contributed by atoms with E-state index in [1.807, 2.05) is 26.0 Å². The SMILES string of the molecule is CC(C)=CCc1cc(-c2cc(=O)c3c(O)cc([OH2+])cc3o2)cc2c1OC(C(C)(C)O)C2O. The molecule has 0 bridgehead atoms. The Kier molecular flexibility index (Phi) is 5.27. The number of hydrogen-bond donors (Lipinski definition) is 3. The molecule has 0 saturated carbocycles. The number of fused-ring (bicyclic) bond motifs is 2. The lowest BCUT2D eigenvalue weighted by Gasteiger charge is -2.27. The Bertz CT molecular complexity index is 1290. The third kappa shape index (κ3) is 3.85. The molecule has 3 aromatic rings. The average Bonchev–Trinajstić information content (AvgIpc) is 3.02. The van der Waals surface area contributed by atoms with Crippen LogP contribution < -0.4 is 10.2 Å². The number of aromatic hydroxyl groups is 1. The van der Waals surface area contributed by atoms with Crippen molar-refractivity contribution in [1.29, 1.82) is 0 Å². The van der Waals surface area contributed by atoms with Crippen molar-refractivity contribution in [3.63, 3.8) is 0 Å². The molecular formula is C25H27O7+. The molecule has 5 N–H and O–H groups in total. The van der Waals surface area contributed by atoms with Crippen LogP contribution in [0.15, 0.2) is 51.2 Å². The zero-order valence-corrected chi connectivity index (χ0v) is 18.4. The van der Waals surface area contributed by atoms with Crippen LogP contribution in [0.5, 0.6) is 17.2 Å². The lowest BCUT2D eigenvalue weighted by atomic mass is 9.92. The Labute approximate surface area is 184 Å². The molecule has 32 heavy (non-hydrogen) atoms. The molecule has 4 rings (SSSR count). The van der Waals surface area contributed by atoms with Crippen LogP contribution in [-0.4, -0.2) is 32.1 Å². The summed E-state index contributed by atoms with van der Waals surface area (Å²) in [6.07, 6.45) is 0.642. The number of allylic oxidation sites excluding steroid dienone is 2. The van der Waals surface area contributed by atoms with Crippen molar-refractivity contribution in [2.24, 2.45) is 0 Å². The van der Waals surface area contributed by atoms with Gasteiger partial charge in [-0.1, -0.05) is 11.6 Å². The van der Waals surface area contributed by atoms with E-state index in [4.69, 9.17) is 14.3 Å². The van der Waals surface area contributed by atoms with Crippen LogP contribution in [0.25, 0.3) is 22.3 Å². The standard InChI is InChI=1S/C25H26O7/c1-12(2)5-6-13-7-14(8-16-22(29)24(25(3,4)30)32-23(13)16)19-11-18(28)21-17(27)9-15(26)10-20(21)31-19/h5,7-11,22,24,26-27,29-30H,6H2,1-4H3/p+1. The van der Waals surface area contributed by atoms with Gasteiger partial charge in [0.05, 0.1) is 17.7 Å². The highest BCUT2D eigenvalue weighted by Gasteiger charge is 2.43. The second-order valence-electron chi connectivity index (χ2n) is 9.02. The van der Waals surface area contributed by atoms with Gasteiger partial charge in [-0.25, -0.2) is 0 Å². The minimum Gasteiger partial charge on any atom is -0.593 e. The van der Waals surface area contributed by atoms with Gasteiger partial charge in [-0.05, 0) is 51.8 Å². The van der Waals surface area contributed by atoms with Gasteiger partial charge in [0.25, 0.3) is 5.75 Å². The van der Waals surface area contributed by atoms with E-state index in [1.54, 1.807) is 19.9 Å². The Hall–Kier alpha value is -3.29. The summed E-state index contributed by atoms with van der Waals surface area (Å²) in [5.41, 5.74) is 1.35. The summed E-state index contributed by atoms with van der Waals surface area (Å²) in [5, 5.41) is 39.2. The molecule has 0 aliphatic carbocycles. The van der Waals surface area contributed by atoms with Crippen LogP contribution >= 0.6 is 0 Å². The zero-order valence-electron chi connectivity index (χ0n) is 18.4. The smallest absolute Gasteiger partial charge is 0.261 e. The van der Waals surface area contributed by atoms with Crippen molar-refractivity contribution in [2.45, 2.75) is 51.9 Å². The monoisotopic (exact) mass is 439 g/mol. The third-order valence-corrected chi connectivity index (χ3v) is 5.57. The fourth-order valence-corrected chi connectivity index (χ4v) is 3.98. The van der Waals surface area contributed by atoms with E-state index in [-0.39, 0.29) is 28.2 Å². The second-order valence-corrected chi connectivity index (χ2v) is 9.02. The average molecular weight is 439 g/mol. The molecule has 0 saturated heterocycles. The van der Waals surface area contributed by atoms with Crippen molar-refractivity contribution < 1.29 is 29.6 Å². The molecule has 2 atom stereocenters. The first-order valence-corrected chi connectivity index (χ1v) is 10.4. The predicted octanol–water partition coefficient (Wildman–Crippen LogP) is 3.68. The van der Waals surface area contributed by atoms with Crippen LogP contribution in [0.1, 0.15) is 44.9 Å². The normalized spacial score (nSPS) is 17.8. The van der Waals surface area contributed by atoms with Crippen LogP contribution in [-0.2, 0) is 6.42 Å². The molecule has 0 amide bonds. The molecule has 0 spiro atoms. The Balaban J connectivity index is 1.92. The first kappa shape index (κ1) is 21.9. The topological polar surface area (TPSA) is 123 Å². The Morgan fingerprint density at radius 1 is 1.19 bits per heavy atom. The molecule has 0 fully saturated rings. The maximum atomic E-state index is 12.7. The molecule has 1 aliphatic rings. The molecule has 2 heterocycles. The Morgan fingerprint density at radius 3 is 2.56 bits per heavy atom. The number of aliphatic hydroxyl groups is 2. The van der Waals surface area contributed by atoms with E-state index in [0.717, 1.165) is 11.1 Å². The first-order valence-electron chi connectivity index (χ1n) is 10.4. The largest absolute Gasteiger partial charge is 0.593 e. The van der Waals surface area contributed by atoms with Crippen LogP contribution in [0.3, 0.4) is 0 Å². The number of phenolic OH excluding ortho intramolecular Hbond substituents is 1. The number of rotatable bonds is 4. The molecule has 0 radical (unpaired) electrons. The van der Waals surface area contributed by atoms with Crippen molar-refractivity contribution in [3.8, 4) is 28.6 Å². The number of benzene rings is 2. The molecule has 2 unspecified atom stereocenters. The summed E-state index contributed by atoms with van der Waals surface area (Å²) >= 11 is 0. The van der Waals surface area contributed by atoms with E-state index in [0.29, 0.717) is 23.3 Å². The van der Waals surface area contributed by atoms with Crippen molar-refractivity contribution >= 4 is 11.0 Å². The molecule has 168 valence electrons. The van der Waals surface area contributed by atoms with Gasteiger partial charge < -0.3 is 29.6 Å². The second kappa shape index (κ2) is 7.69. The molecule has 1 aliphatic heterocycles. The van der Waals surface area contributed by atoms with E-state index in [9.17, 15) is 20.1 Å².